The molecule has 110 valence electrons. The fraction of sp³-hybridized carbons (Fsp3) is 0.600. The lowest BCUT2D eigenvalue weighted by molar-refractivity contribution is 0.0273. The lowest BCUT2D eigenvalue weighted by atomic mass is 9.98. The number of amides is 1. The summed E-state index contributed by atoms with van der Waals surface area (Å²) in [5.74, 6) is -0.798. The van der Waals surface area contributed by atoms with Crippen molar-refractivity contribution in [3.05, 3.63) is 29.8 Å². The Morgan fingerprint density at radius 1 is 1.35 bits per heavy atom. The number of carbonyl (C=O) groups excluding carboxylic acids is 1. The average Bonchev–Trinajstić information content (AvgIpc) is 2.48. The molecule has 0 radical (unpaired) electrons. The Morgan fingerprint density at radius 3 is 2.90 bits per heavy atom. The number of ether oxygens (including phenoxy) is 1. The smallest absolute Gasteiger partial charge is 0.252 e. The first-order valence-electron chi connectivity index (χ1n) is 7.26. The summed E-state index contributed by atoms with van der Waals surface area (Å²) in [6.45, 7) is 1.19. The highest BCUT2D eigenvalue weighted by Crippen LogP contribution is 2.20. The molecule has 1 fully saturated rings. The Labute approximate surface area is 118 Å². The van der Waals surface area contributed by atoms with Gasteiger partial charge in [0.05, 0.1) is 17.9 Å². The maximum Gasteiger partial charge on any atom is 0.252 e. The van der Waals surface area contributed by atoms with Crippen LogP contribution >= 0.6 is 0 Å². The van der Waals surface area contributed by atoms with Gasteiger partial charge in [0.1, 0.15) is 5.82 Å². The van der Waals surface area contributed by atoms with Crippen LogP contribution in [0, 0.1) is 5.82 Å². The third-order valence-corrected chi connectivity index (χ3v) is 3.48. The fourth-order valence-electron chi connectivity index (χ4n) is 2.39. The van der Waals surface area contributed by atoms with Gasteiger partial charge in [-0.05, 0) is 25.3 Å². The summed E-state index contributed by atoms with van der Waals surface area (Å²) in [4.78, 5) is 15.4. The van der Waals surface area contributed by atoms with E-state index >= 15 is 0 Å². The highest BCUT2D eigenvalue weighted by Gasteiger charge is 2.13. The Morgan fingerprint density at radius 2 is 2.15 bits per heavy atom. The summed E-state index contributed by atoms with van der Waals surface area (Å²) in [7, 11) is 0. The van der Waals surface area contributed by atoms with Crippen molar-refractivity contribution in [2.75, 3.05) is 13.2 Å². The number of halogens is 1. The van der Waals surface area contributed by atoms with Gasteiger partial charge < -0.3 is 10.1 Å². The zero-order valence-corrected chi connectivity index (χ0v) is 11.6. The molecule has 4 nitrogen and oxygen atoms in total. The third-order valence-electron chi connectivity index (χ3n) is 3.48. The molecule has 1 aliphatic rings. The summed E-state index contributed by atoms with van der Waals surface area (Å²) >= 11 is 0. The van der Waals surface area contributed by atoms with Crippen LogP contribution < -0.4 is 5.32 Å². The maximum atomic E-state index is 12.9. The molecular weight excluding hydrogens is 259 g/mol. The predicted molar refractivity (Wildman–Crippen MR) is 74.0 cm³/mol. The first kappa shape index (κ1) is 14.9. The van der Waals surface area contributed by atoms with Crippen LogP contribution in [0.25, 0.3) is 0 Å². The highest BCUT2D eigenvalue weighted by molar-refractivity contribution is 5.93. The minimum atomic E-state index is -0.502. The molecule has 1 saturated carbocycles. The Bertz CT molecular complexity index is 434. The van der Waals surface area contributed by atoms with Gasteiger partial charge in [0, 0.05) is 19.3 Å². The van der Waals surface area contributed by atoms with Gasteiger partial charge in [-0.3, -0.25) is 9.78 Å². The predicted octanol–water partition coefficient (Wildman–Crippen LogP) is 2.69. The van der Waals surface area contributed by atoms with Crippen LogP contribution in [0.2, 0.25) is 0 Å². The van der Waals surface area contributed by atoms with Gasteiger partial charge in [-0.15, -0.1) is 0 Å². The van der Waals surface area contributed by atoms with Crippen molar-refractivity contribution in [1.29, 1.82) is 0 Å². The fourth-order valence-corrected chi connectivity index (χ4v) is 2.39. The summed E-state index contributed by atoms with van der Waals surface area (Å²) < 4.78 is 18.7. The van der Waals surface area contributed by atoms with Crippen LogP contribution in [0.5, 0.6) is 0 Å². The van der Waals surface area contributed by atoms with E-state index in [9.17, 15) is 9.18 Å². The molecule has 1 amide bonds. The molecular formula is C15H21FN2O2. The van der Waals surface area contributed by atoms with Gasteiger partial charge in [0.15, 0.2) is 0 Å². The molecule has 0 atom stereocenters. The zero-order valence-electron chi connectivity index (χ0n) is 11.6. The number of hydrogen-bond donors (Lipinski definition) is 1. The Hall–Kier alpha value is -1.49. The molecule has 0 bridgehead atoms. The second kappa shape index (κ2) is 7.94. The number of rotatable bonds is 6. The van der Waals surface area contributed by atoms with Crippen molar-refractivity contribution in [3.8, 4) is 0 Å². The number of hydrogen-bond acceptors (Lipinski definition) is 3. The van der Waals surface area contributed by atoms with E-state index in [1.54, 1.807) is 0 Å². The van der Waals surface area contributed by atoms with Gasteiger partial charge in [0.25, 0.3) is 5.91 Å². The summed E-state index contributed by atoms with van der Waals surface area (Å²) in [5.41, 5.74) is 0.248. The van der Waals surface area contributed by atoms with E-state index in [4.69, 9.17) is 4.74 Å². The lowest BCUT2D eigenvalue weighted by Crippen LogP contribution is -2.26. The normalized spacial score (nSPS) is 16.1. The molecule has 1 aromatic heterocycles. The van der Waals surface area contributed by atoms with E-state index in [-0.39, 0.29) is 11.5 Å². The van der Waals surface area contributed by atoms with Crippen molar-refractivity contribution in [3.63, 3.8) is 0 Å². The average molecular weight is 280 g/mol. The molecule has 0 unspecified atom stereocenters. The first-order chi connectivity index (χ1) is 9.75. The molecule has 20 heavy (non-hydrogen) atoms. The SMILES string of the molecule is O=C(NCCCOC1CCCCC1)c1cncc(F)c1. The quantitative estimate of drug-likeness (QED) is 0.815. The number of pyridine rings is 1. The molecule has 0 spiro atoms. The van der Waals surface area contributed by atoms with Gasteiger partial charge >= 0.3 is 0 Å². The van der Waals surface area contributed by atoms with Gasteiger partial charge in [-0.25, -0.2) is 4.39 Å². The minimum Gasteiger partial charge on any atom is -0.378 e. The Kier molecular flexibility index (Phi) is 5.92. The monoisotopic (exact) mass is 280 g/mol. The van der Waals surface area contributed by atoms with Crippen LogP contribution in [0.15, 0.2) is 18.5 Å². The number of aromatic nitrogens is 1. The molecule has 0 saturated heterocycles. The number of carbonyl (C=O) groups is 1. The van der Waals surface area contributed by atoms with E-state index in [0.717, 1.165) is 25.5 Å². The van der Waals surface area contributed by atoms with E-state index in [0.29, 0.717) is 19.3 Å². The van der Waals surface area contributed by atoms with Crippen LogP contribution in [0.1, 0.15) is 48.9 Å². The molecule has 2 rings (SSSR count). The topological polar surface area (TPSA) is 51.2 Å². The molecule has 0 aliphatic heterocycles. The van der Waals surface area contributed by atoms with E-state index < -0.39 is 5.82 Å². The van der Waals surface area contributed by atoms with Crippen LogP contribution in [-0.4, -0.2) is 30.1 Å². The standard InChI is InChI=1S/C15H21FN2O2/c16-13-9-12(10-17-11-13)15(19)18-7-4-8-20-14-5-2-1-3-6-14/h9-11,14H,1-8H2,(H,18,19). The first-order valence-corrected chi connectivity index (χ1v) is 7.26. The minimum absolute atomic E-state index is 0.248. The maximum absolute atomic E-state index is 12.9. The van der Waals surface area contributed by atoms with Crippen LogP contribution in [-0.2, 0) is 4.74 Å². The number of nitrogens with one attached hydrogen (secondary N) is 1. The van der Waals surface area contributed by atoms with Gasteiger partial charge in [-0.1, -0.05) is 19.3 Å². The van der Waals surface area contributed by atoms with Crippen molar-refractivity contribution in [2.45, 2.75) is 44.6 Å². The Balaban J connectivity index is 1.59. The van der Waals surface area contributed by atoms with Gasteiger partial charge in [0.2, 0.25) is 0 Å². The molecule has 1 N–H and O–H groups in total. The van der Waals surface area contributed by atoms with E-state index in [1.165, 1.54) is 31.5 Å². The van der Waals surface area contributed by atoms with Crippen molar-refractivity contribution < 1.29 is 13.9 Å². The molecule has 1 heterocycles. The van der Waals surface area contributed by atoms with Crippen LogP contribution in [0.3, 0.4) is 0 Å². The van der Waals surface area contributed by atoms with Crippen molar-refractivity contribution in [1.82, 2.24) is 10.3 Å². The van der Waals surface area contributed by atoms with Crippen molar-refractivity contribution in [2.24, 2.45) is 0 Å². The van der Waals surface area contributed by atoms with E-state index in [2.05, 4.69) is 10.3 Å². The van der Waals surface area contributed by atoms with Gasteiger partial charge in [-0.2, -0.15) is 0 Å². The molecule has 1 aliphatic carbocycles. The van der Waals surface area contributed by atoms with Crippen LogP contribution in [0.4, 0.5) is 4.39 Å². The summed E-state index contributed by atoms with van der Waals surface area (Å²) in [5, 5.41) is 2.74. The summed E-state index contributed by atoms with van der Waals surface area (Å²) in [6, 6.07) is 1.18. The molecule has 1 aromatic rings. The lowest BCUT2D eigenvalue weighted by Gasteiger charge is -2.21. The third kappa shape index (κ3) is 4.89. The van der Waals surface area contributed by atoms with Crippen molar-refractivity contribution >= 4 is 5.91 Å². The molecule has 5 heteroatoms. The highest BCUT2D eigenvalue weighted by atomic mass is 19.1. The summed E-state index contributed by atoms with van der Waals surface area (Å²) in [6.07, 6.45) is 9.74. The second-order valence-electron chi connectivity index (χ2n) is 5.13. The van der Waals surface area contributed by atoms with E-state index in [1.807, 2.05) is 0 Å². The zero-order chi connectivity index (χ0) is 14.2. The molecule has 0 aromatic carbocycles. The number of nitrogens with zero attached hydrogens (tertiary/aromatic N) is 1. The second-order valence-corrected chi connectivity index (χ2v) is 5.13. The largest absolute Gasteiger partial charge is 0.378 e.